The highest BCUT2D eigenvalue weighted by molar-refractivity contribution is 6.07. The van der Waals surface area contributed by atoms with Crippen LogP contribution in [-0.2, 0) is 0 Å². The molecule has 0 aliphatic heterocycles. The summed E-state index contributed by atoms with van der Waals surface area (Å²) in [6, 6.07) is 2.56. The summed E-state index contributed by atoms with van der Waals surface area (Å²) in [5, 5.41) is 25.6. The molecule has 0 aliphatic rings. The Morgan fingerprint density at radius 1 is 1.27 bits per heavy atom. The first-order valence-corrected chi connectivity index (χ1v) is 6.85. The van der Waals surface area contributed by atoms with Crippen LogP contribution in [0, 0.1) is 5.82 Å². The van der Waals surface area contributed by atoms with Gasteiger partial charge in [0.1, 0.15) is 11.6 Å². The van der Waals surface area contributed by atoms with E-state index in [4.69, 9.17) is 10.8 Å². The lowest BCUT2D eigenvalue weighted by Gasteiger charge is -2.11. The van der Waals surface area contributed by atoms with Gasteiger partial charge < -0.3 is 16.2 Å². The van der Waals surface area contributed by atoms with E-state index in [1.807, 2.05) is 0 Å². The zero-order chi connectivity index (χ0) is 19.0. The van der Waals surface area contributed by atoms with Crippen molar-refractivity contribution in [3.05, 3.63) is 47.4 Å². The number of aromatic nitrogens is 5. The maximum absolute atomic E-state index is 13.8. The molecule has 0 atom stereocenters. The topological polar surface area (TPSA) is 148 Å². The number of halogens is 2. The van der Waals surface area contributed by atoms with Gasteiger partial charge in [0.25, 0.3) is 5.91 Å². The molecule has 0 saturated carbocycles. The molecule has 2 aromatic heterocycles. The second-order valence-electron chi connectivity index (χ2n) is 5.02. The van der Waals surface area contributed by atoms with E-state index in [9.17, 15) is 18.4 Å². The number of carboxylic acids is 1. The number of anilines is 2. The first kappa shape index (κ1) is 16.9. The van der Waals surface area contributed by atoms with E-state index in [0.29, 0.717) is 6.07 Å². The minimum Gasteiger partial charge on any atom is -0.478 e. The van der Waals surface area contributed by atoms with Gasteiger partial charge in [-0.05, 0) is 28.6 Å². The van der Waals surface area contributed by atoms with Crippen molar-refractivity contribution >= 4 is 34.7 Å². The number of hydrogen-bond donors (Lipinski definition) is 3. The monoisotopic (exact) mass is 361 g/mol. The van der Waals surface area contributed by atoms with Crippen molar-refractivity contribution in [2.45, 2.75) is 0 Å². The van der Waals surface area contributed by atoms with Crippen LogP contribution in [0.3, 0.4) is 0 Å². The van der Waals surface area contributed by atoms with Gasteiger partial charge in [0, 0.05) is 5.56 Å². The van der Waals surface area contributed by atoms with Gasteiger partial charge >= 0.3 is 5.97 Å². The number of nitrogens with two attached hydrogens (primary N) is 1. The van der Waals surface area contributed by atoms with Crippen molar-refractivity contribution in [3.8, 4) is 0 Å². The molecule has 0 aliphatic carbocycles. The van der Waals surface area contributed by atoms with Crippen LogP contribution >= 0.6 is 0 Å². The van der Waals surface area contributed by atoms with Crippen LogP contribution in [0.25, 0.3) is 11.5 Å². The fourth-order valence-electron chi connectivity index (χ4n) is 2.12. The molecule has 26 heavy (non-hydrogen) atoms. The van der Waals surface area contributed by atoms with Gasteiger partial charge in [0.05, 0.1) is 16.9 Å². The molecule has 0 saturated heterocycles. The first-order chi connectivity index (χ1) is 12.3. The van der Waals surface area contributed by atoms with Gasteiger partial charge in [0.15, 0.2) is 5.69 Å². The van der Waals surface area contributed by atoms with Gasteiger partial charge in [-0.15, -0.1) is 14.8 Å². The van der Waals surface area contributed by atoms with E-state index in [1.165, 1.54) is 6.07 Å². The lowest BCUT2D eigenvalue weighted by Crippen LogP contribution is -2.18. The fraction of sp³-hybridized carbons (Fsp3) is 0. The molecule has 4 N–H and O–H groups in total. The summed E-state index contributed by atoms with van der Waals surface area (Å²) in [6.07, 6.45) is 0. The lowest BCUT2D eigenvalue weighted by atomic mass is 10.1. The van der Waals surface area contributed by atoms with Crippen molar-refractivity contribution in [1.82, 2.24) is 25.3 Å². The van der Waals surface area contributed by atoms with Crippen molar-refractivity contribution in [2.24, 2.45) is 0 Å². The summed E-state index contributed by atoms with van der Waals surface area (Å²) in [5.74, 6) is -4.69. The SMILES string of the molecule is C=C(F)c1cc(NC(=O)c2cc(N)c3nnnn3n2)c(C(=O)O)cc1F. The summed E-state index contributed by atoms with van der Waals surface area (Å²) in [6.45, 7) is 2.96. The third kappa shape index (κ3) is 2.90. The van der Waals surface area contributed by atoms with E-state index in [-0.39, 0.29) is 22.7 Å². The molecular weight excluding hydrogens is 352 g/mol. The van der Waals surface area contributed by atoms with E-state index in [1.54, 1.807) is 0 Å². The van der Waals surface area contributed by atoms with Crippen molar-refractivity contribution in [3.63, 3.8) is 0 Å². The summed E-state index contributed by atoms with van der Waals surface area (Å²) in [4.78, 5) is 23.6. The largest absolute Gasteiger partial charge is 0.478 e. The van der Waals surface area contributed by atoms with Crippen molar-refractivity contribution in [1.29, 1.82) is 0 Å². The van der Waals surface area contributed by atoms with Crippen LogP contribution in [0.4, 0.5) is 20.2 Å². The van der Waals surface area contributed by atoms with Crippen molar-refractivity contribution in [2.75, 3.05) is 11.1 Å². The number of hydrogen-bond acceptors (Lipinski definition) is 7. The van der Waals surface area contributed by atoms with Gasteiger partial charge in [-0.3, -0.25) is 4.79 Å². The Bertz CT molecular complexity index is 1080. The summed E-state index contributed by atoms with van der Waals surface area (Å²) in [7, 11) is 0. The first-order valence-electron chi connectivity index (χ1n) is 6.85. The predicted octanol–water partition coefficient (Wildman–Crippen LogP) is 1.13. The Morgan fingerprint density at radius 2 is 2.00 bits per heavy atom. The quantitative estimate of drug-likeness (QED) is 0.626. The third-order valence-electron chi connectivity index (χ3n) is 3.32. The number of benzene rings is 1. The minimum absolute atomic E-state index is 0.0468. The van der Waals surface area contributed by atoms with Gasteiger partial charge in [-0.1, -0.05) is 6.58 Å². The second-order valence-corrected chi connectivity index (χ2v) is 5.02. The third-order valence-corrected chi connectivity index (χ3v) is 3.32. The van der Waals surface area contributed by atoms with E-state index >= 15 is 0 Å². The highest BCUT2D eigenvalue weighted by atomic mass is 19.1. The Kier molecular flexibility index (Phi) is 4.00. The van der Waals surface area contributed by atoms with E-state index < -0.39 is 34.6 Å². The molecule has 3 aromatic rings. The Morgan fingerprint density at radius 3 is 2.65 bits per heavy atom. The number of fused-ring (bicyclic) bond motifs is 1. The molecule has 12 heteroatoms. The Labute approximate surface area is 142 Å². The zero-order valence-corrected chi connectivity index (χ0v) is 12.8. The van der Waals surface area contributed by atoms with Crippen molar-refractivity contribution < 1.29 is 23.5 Å². The molecule has 0 spiro atoms. The standard InChI is InChI=1S/C14H9F2N7O3/c1-5(15)6-3-10(7(14(25)26)2-8(6)16)18-13(24)11-4-9(17)12-19-21-22-23(12)20-11/h2-4H,1,17H2,(H,18,24)(H,25,26). The molecule has 132 valence electrons. The van der Waals surface area contributed by atoms with E-state index in [2.05, 4.69) is 32.5 Å². The molecule has 0 unspecified atom stereocenters. The summed E-state index contributed by atoms with van der Waals surface area (Å²) < 4.78 is 28.0. The number of nitrogens with zero attached hydrogens (tertiary/aromatic N) is 5. The minimum atomic E-state index is -1.53. The van der Waals surface area contributed by atoms with Gasteiger partial charge in [-0.25, -0.2) is 13.6 Å². The molecule has 1 amide bonds. The number of rotatable bonds is 4. The number of nitrogen functional groups attached to an aromatic ring is 1. The number of carboxylic acid groups (broad SMARTS) is 1. The van der Waals surface area contributed by atoms with Crippen LogP contribution < -0.4 is 11.1 Å². The number of aromatic carboxylic acids is 1. The molecule has 0 bridgehead atoms. The smallest absolute Gasteiger partial charge is 0.337 e. The molecular formula is C14H9F2N7O3. The molecule has 0 fully saturated rings. The Balaban J connectivity index is 2.03. The number of carbonyl (C=O) groups is 2. The number of tetrazole rings is 1. The van der Waals surface area contributed by atoms with Crippen LogP contribution in [0.1, 0.15) is 26.4 Å². The Hall–Kier alpha value is -3.96. The maximum Gasteiger partial charge on any atom is 0.337 e. The number of amides is 1. The van der Waals surface area contributed by atoms with E-state index in [0.717, 1.165) is 10.7 Å². The van der Waals surface area contributed by atoms with Crippen LogP contribution in [0.5, 0.6) is 0 Å². The van der Waals surface area contributed by atoms with Crippen LogP contribution in [0.15, 0.2) is 24.8 Å². The summed E-state index contributed by atoms with van der Waals surface area (Å²) >= 11 is 0. The maximum atomic E-state index is 13.8. The molecule has 10 nitrogen and oxygen atoms in total. The molecule has 0 radical (unpaired) electrons. The second kappa shape index (κ2) is 6.16. The molecule has 3 rings (SSSR count). The van der Waals surface area contributed by atoms with Gasteiger partial charge in [-0.2, -0.15) is 0 Å². The van der Waals surface area contributed by atoms with Crippen LogP contribution in [0.2, 0.25) is 0 Å². The average molecular weight is 361 g/mol. The normalized spacial score (nSPS) is 10.7. The summed E-state index contributed by atoms with van der Waals surface area (Å²) in [5.41, 5.74) is 4.10. The van der Waals surface area contributed by atoms with Gasteiger partial charge in [0.2, 0.25) is 5.65 Å². The highest BCUT2D eigenvalue weighted by Gasteiger charge is 2.20. The van der Waals surface area contributed by atoms with Crippen LogP contribution in [-0.4, -0.2) is 42.2 Å². The molecule has 1 aromatic carbocycles. The number of nitrogens with one attached hydrogen (secondary N) is 1. The highest BCUT2D eigenvalue weighted by Crippen LogP contribution is 2.26. The number of carbonyl (C=O) groups excluding carboxylic acids is 1. The predicted molar refractivity (Wildman–Crippen MR) is 84.4 cm³/mol. The fourth-order valence-corrected chi connectivity index (χ4v) is 2.12. The molecule has 2 heterocycles. The average Bonchev–Trinajstić information content (AvgIpc) is 3.04. The zero-order valence-electron chi connectivity index (χ0n) is 12.8. The lowest BCUT2D eigenvalue weighted by molar-refractivity contribution is 0.0697.